The number of sulfonamides is 1. The summed E-state index contributed by atoms with van der Waals surface area (Å²) < 4.78 is 43.6. The Hall–Kier alpha value is -4.09. The molecule has 3 aromatic carbocycles. The molecule has 44 heavy (non-hydrogen) atoms. The second kappa shape index (κ2) is 15.1. The van der Waals surface area contributed by atoms with Gasteiger partial charge in [-0.2, -0.15) is 0 Å². The number of methoxy groups -OCH3 is 3. The van der Waals surface area contributed by atoms with Crippen LogP contribution in [0.15, 0.2) is 71.6 Å². The summed E-state index contributed by atoms with van der Waals surface area (Å²) in [5.74, 6) is 1.51. The number of hydrogen-bond acceptors (Lipinski definition) is 7. The van der Waals surface area contributed by atoms with Crippen molar-refractivity contribution in [3.05, 3.63) is 83.4 Å². The van der Waals surface area contributed by atoms with Crippen LogP contribution >= 0.6 is 0 Å². The molecular formula is C33H41N3O7S. The molecule has 236 valence electrons. The topological polar surface area (TPSA) is 123 Å². The average Bonchev–Trinajstić information content (AvgIpc) is 3.85. The molecule has 0 unspecified atom stereocenters. The molecular weight excluding hydrogens is 582 g/mol. The Labute approximate surface area is 259 Å². The summed E-state index contributed by atoms with van der Waals surface area (Å²) in [6.07, 6.45) is 2.86. The zero-order valence-electron chi connectivity index (χ0n) is 25.7. The zero-order valence-corrected chi connectivity index (χ0v) is 26.5. The maximum Gasteiger partial charge on any atom is 0.242 e. The fraction of sp³-hybridized carbons (Fsp3) is 0.394. The summed E-state index contributed by atoms with van der Waals surface area (Å²) in [5, 5.41) is 2.96. The van der Waals surface area contributed by atoms with Crippen molar-refractivity contribution in [3.8, 4) is 17.2 Å². The first-order valence-corrected chi connectivity index (χ1v) is 16.1. The molecule has 0 radical (unpaired) electrons. The van der Waals surface area contributed by atoms with Gasteiger partial charge in [0.15, 0.2) is 11.5 Å². The third-order valence-corrected chi connectivity index (χ3v) is 9.14. The van der Waals surface area contributed by atoms with Gasteiger partial charge < -0.3 is 24.4 Å². The average molecular weight is 624 g/mol. The van der Waals surface area contributed by atoms with Crippen LogP contribution < -0.4 is 24.2 Å². The van der Waals surface area contributed by atoms with Crippen molar-refractivity contribution in [1.29, 1.82) is 0 Å². The zero-order chi connectivity index (χ0) is 31.7. The van der Waals surface area contributed by atoms with Gasteiger partial charge in [0.05, 0.1) is 26.2 Å². The standard InChI is InChI=1S/C33H41N3O7S/c1-23(33(38)34-20-19-25-9-17-30(42-3)31(21-25)43-4)36(22-26-5-13-28(41-2)14-6-26)32(37)18-10-24-7-15-29(16-8-24)44(39,40)35-27-11-12-27/h5-9,13-17,21,23,27,35H,10-12,18-20,22H2,1-4H3,(H,34,38)/t23-/m1/s1. The first kappa shape index (κ1) is 32.8. The molecule has 2 amide bonds. The van der Waals surface area contributed by atoms with Crippen molar-refractivity contribution < 1.29 is 32.2 Å². The number of carbonyl (C=O) groups is 2. The third-order valence-electron chi connectivity index (χ3n) is 7.60. The molecule has 3 aromatic rings. The number of benzene rings is 3. The van der Waals surface area contributed by atoms with E-state index in [-0.39, 0.29) is 35.7 Å². The summed E-state index contributed by atoms with van der Waals surface area (Å²) in [6.45, 7) is 2.35. The summed E-state index contributed by atoms with van der Waals surface area (Å²) >= 11 is 0. The minimum absolute atomic E-state index is 0.0270. The van der Waals surface area contributed by atoms with Gasteiger partial charge in [0.25, 0.3) is 0 Å². The molecule has 0 saturated heterocycles. The Kier molecular flexibility index (Phi) is 11.2. The number of rotatable bonds is 16. The van der Waals surface area contributed by atoms with Crippen LogP contribution in [0.3, 0.4) is 0 Å². The van der Waals surface area contributed by atoms with Crippen molar-refractivity contribution in [3.63, 3.8) is 0 Å². The van der Waals surface area contributed by atoms with Crippen molar-refractivity contribution in [1.82, 2.24) is 14.9 Å². The molecule has 0 spiro atoms. The Morgan fingerprint density at radius 2 is 1.48 bits per heavy atom. The van der Waals surface area contributed by atoms with E-state index in [0.29, 0.717) is 36.6 Å². The molecule has 10 nitrogen and oxygen atoms in total. The van der Waals surface area contributed by atoms with Crippen LogP contribution in [0.4, 0.5) is 0 Å². The molecule has 11 heteroatoms. The van der Waals surface area contributed by atoms with Gasteiger partial charge in [-0.15, -0.1) is 0 Å². The number of hydrogen-bond donors (Lipinski definition) is 2. The van der Waals surface area contributed by atoms with Crippen LogP contribution in [0.2, 0.25) is 0 Å². The van der Waals surface area contributed by atoms with Gasteiger partial charge in [-0.1, -0.05) is 30.3 Å². The lowest BCUT2D eigenvalue weighted by Gasteiger charge is -2.29. The maximum absolute atomic E-state index is 13.6. The molecule has 0 heterocycles. The van der Waals surface area contributed by atoms with Gasteiger partial charge in [-0.3, -0.25) is 9.59 Å². The largest absolute Gasteiger partial charge is 0.497 e. The van der Waals surface area contributed by atoms with Gasteiger partial charge >= 0.3 is 0 Å². The molecule has 4 rings (SSSR count). The normalized spacial score (nSPS) is 13.5. The molecule has 1 atom stereocenters. The van der Waals surface area contributed by atoms with Crippen LogP contribution in [0.25, 0.3) is 0 Å². The highest BCUT2D eigenvalue weighted by atomic mass is 32.2. The van der Waals surface area contributed by atoms with Crippen LogP contribution in [0.5, 0.6) is 17.2 Å². The van der Waals surface area contributed by atoms with Gasteiger partial charge in [0.1, 0.15) is 11.8 Å². The lowest BCUT2D eigenvalue weighted by molar-refractivity contribution is -0.140. The number of nitrogens with zero attached hydrogens (tertiary/aromatic N) is 1. The summed E-state index contributed by atoms with van der Waals surface area (Å²) in [4.78, 5) is 28.6. The van der Waals surface area contributed by atoms with E-state index in [1.165, 1.54) is 0 Å². The second-order valence-corrected chi connectivity index (χ2v) is 12.5. The van der Waals surface area contributed by atoms with Gasteiger partial charge in [0, 0.05) is 25.6 Å². The van der Waals surface area contributed by atoms with E-state index in [9.17, 15) is 18.0 Å². The van der Waals surface area contributed by atoms with Gasteiger partial charge in [-0.05, 0) is 85.7 Å². The predicted molar refractivity (Wildman–Crippen MR) is 167 cm³/mol. The molecule has 2 N–H and O–H groups in total. The Bertz CT molecular complexity index is 1520. The molecule has 1 saturated carbocycles. The first-order valence-electron chi connectivity index (χ1n) is 14.7. The lowest BCUT2D eigenvalue weighted by atomic mass is 10.1. The highest BCUT2D eigenvalue weighted by Gasteiger charge is 2.28. The number of aryl methyl sites for hydroxylation is 1. The lowest BCUT2D eigenvalue weighted by Crippen LogP contribution is -2.48. The first-order chi connectivity index (χ1) is 21.1. The van der Waals surface area contributed by atoms with E-state index >= 15 is 0 Å². The van der Waals surface area contributed by atoms with Gasteiger partial charge in [-0.25, -0.2) is 13.1 Å². The summed E-state index contributed by atoms with van der Waals surface area (Å²) in [5.41, 5.74) is 2.67. The minimum atomic E-state index is -3.54. The summed E-state index contributed by atoms with van der Waals surface area (Å²) in [6, 6.07) is 18.9. The van der Waals surface area contributed by atoms with E-state index in [0.717, 1.165) is 29.5 Å². The quantitative estimate of drug-likeness (QED) is 0.248. The number of nitrogens with one attached hydrogen (secondary N) is 2. The SMILES string of the molecule is COc1ccc(CN(C(=O)CCc2ccc(S(=O)(=O)NC3CC3)cc2)[C@H](C)C(=O)NCCc2ccc(OC)c(OC)c2)cc1. The van der Waals surface area contributed by atoms with Crippen LogP contribution in [-0.4, -0.2) is 65.1 Å². The Morgan fingerprint density at radius 1 is 0.841 bits per heavy atom. The Morgan fingerprint density at radius 3 is 2.09 bits per heavy atom. The van der Waals surface area contributed by atoms with E-state index in [2.05, 4.69) is 10.0 Å². The Balaban J connectivity index is 1.39. The van der Waals surface area contributed by atoms with Crippen molar-refractivity contribution >= 4 is 21.8 Å². The van der Waals surface area contributed by atoms with Crippen molar-refractivity contribution in [2.45, 2.75) is 62.6 Å². The highest BCUT2D eigenvalue weighted by molar-refractivity contribution is 7.89. The van der Waals surface area contributed by atoms with Crippen LogP contribution in [0.1, 0.15) is 42.9 Å². The maximum atomic E-state index is 13.6. The molecule has 1 fully saturated rings. The van der Waals surface area contributed by atoms with E-state index in [4.69, 9.17) is 14.2 Å². The smallest absolute Gasteiger partial charge is 0.242 e. The van der Waals surface area contributed by atoms with Crippen molar-refractivity contribution in [2.24, 2.45) is 0 Å². The van der Waals surface area contributed by atoms with Crippen molar-refractivity contribution in [2.75, 3.05) is 27.9 Å². The van der Waals surface area contributed by atoms with E-state index < -0.39 is 16.1 Å². The van der Waals surface area contributed by atoms with Gasteiger partial charge in [0.2, 0.25) is 21.8 Å². The monoisotopic (exact) mass is 623 g/mol. The number of amides is 2. The third kappa shape index (κ3) is 8.96. The van der Waals surface area contributed by atoms with Crippen LogP contribution in [0, 0.1) is 0 Å². The fourth-order valence-electron chi connectivity index (χ4n) is 4.74. The fourth-order valence-corrected chi connectivity index (χ4v) is 6.05. The molecule has 1 aliphatic rings. The van der Waals surface area contributed by atoms with Crippen LogP contribution in [-0.2, 0) is 39.0 Å². The summed E-state index contributed by atoms with van der Waals surface area (Å²) in [7, 11) is 1.20. The predicted octanol–water partition coefficient (Wildman–Crippen LogP) is 3.86. The second-order valence-electron chi connectivity index (χ2n) is 10.8. The molecule has 0 aromatic heterocycles. The number of ether oxygens (including phenoxy) is 3. The molecule has 0 aliphatic heterocycles. The highest BCUT2D eigenvalue weighted by Crippen LogP contribution is 2.27. The number of carbonyl (C=O) groups excluding carboxylic acids is 2. The molecule has 0 bridgehead atoms. The van der Waals surface area contributed by atoms with E-state index in [1.54, 1.807) is 57.4 Å². The minimum Gasteiger partial charge on any atom is -0.497 e. The molecule has 1 aliphatic carbocycles. The van der Waals surface area contributed by atoms with E-state index in [1.807, 2.05) is 42.5 Å².